The van der Waals surface area contributed by atoms with E-state index < -0.39 is 10.0 Å². The Balaban J connectivity index is 1.58. The lowest BCUT2D eigenvalue weighted by molar-refractivity contribution is 0.307. The molecule has 2 aliphatic rings. The Morgan fingerprint density at radius 3 is 2.72 bits per heavy atom. The molecule has 0 amide bonds. The van der Waals surface area contributed by atoms with E-state index in [0.717, 1.165) is 55.0 Å². The summed E-state index contributed by atoms with van der Waals surface area (Å²) in [7, 11) is 0.576. The molecule has 0 aliphatic carbocycles. The number of nitrogens with zero attached hydrogens (tertiary/aromatic N) is 4. The summed E-state index contributed by atoms with van der Waals surface area (Å²) in [6.45, 7) is 2.31. The molecule has 0 unspecified atom stereocenters. The number of rotatable bonds is 6. The fourth-order valence-electron chi connectivity index (χ4n) is 4.26. The molecule has 0 saturated carbocycles. The fraction of sp³-hybridized carbons (Fsp3) is 0.524. The molecule has 1 fully saturated rings. The Labute approximate surface area is 173 Å². The zero-order valence-electron chi connectivity index (χ0n) is 17.1. The normalized spacial score (nSPS) is 20.6. The van der Waals surface area contributed by atoms with Crippen molar-refractivity contribution in [3.63, 3.8) is 0 Å². The van der Waals surface area contributed by atoms with Crippen LogP contribution in [0.2, 0.25) is 0 Å². The molecule has 3 heterocycles. The molecule has 1 N–H and O–H groups in total. The van der Waals surface area contributed by atoms with Crippen LogP contribution in [-0.2, 0) is 29.4 Å². The number of aryl methyl sites for hydroxylation is 1. The minimum atomic E-state index is -3.38. The Morgan fingerprint density at radius 1 is 1.17 bits per heavy atom. The van der Waals surface area contributed by atoms with Gasteiger partial charge in [-0.15, -0.1) is 0 Å². The van der Waals surface area contributed by atoms with Crippen LogP contribution in [0.5, 0.6) is 0 Å². The van der Waals surface area contributed by atoms with Gasteiger partial charge in [-0.25, -0.2) is 18.4 Å². The van der Waals surface area contributed by atoms with E-state index in [1.165, 1.54) is 0 Å². The molecule has 2 aromatic rings. The maximum Gasteiger partial charge on any atom is 0.215 e. The van der Waals surface area contributed by atoms with E-state index in [9.17, 15) is 8.42 Å². The summed E-state index contributed by atoms with van der Waals surface area (Å²) >= 11 is 0. The molecule has 2 aliphatic heterocycles. The molecule has 156 valence electrons. The third-order valence-electron chi connectivity index (χ3n) is 5.86. The van der Waals surface area contributed by atoms with Crippen LogP contribution in [0.3, 0.4) is 0 Å². The molecule has 8 heteroatoms. The molecule has 7 nitrogen and oxygen atoms in total. The average molecular weight is 416 g/mol. The van der Waals surface area contributed by atoms with Crippen LogP contribution < -0.4 is 5.32 Å². The number of hydrogen-bond acceptors (Lipinski definition) is 6. The zero-order valence-corrected chi connectivity index (χ0v) is 18.0. The molecular formula is C21H29N5O2S. The molecule has 0 radical (unpaired) electrons. The molecule has 0 spiro atoms. The van der Waals surface area contributed by atoms with E-state index in [1.54, 1.807) is 4.31 Å². The van der Waals surface area contributed by atoms with Crippen molar-refractivity contribution in [2.75, 3.05) is 38.3 Å². The molecular weight excluding hydrogens is 386 g/mol. The van der Waals surface area contributed by atoms with Gasteiger partial charge in [0.2, 0.25) is 10.0 Å². The van der Waals surface area contributed by atoms with Crippen LogP contribution in [0.1, 0.15) is 41.5 Å². The van der Waals surface area contributed by atoms with Crippen LogP contribution in [0, 0.1) is 0 Å². The van der Waals surface area contributed by atoms with Crippen LogP contribution in [-0.4, -0.2) is 60.5 Å². The predicted octanol–water partition coefficient (Wildman–Crippen LogP) is 2.22. The third kappa shape index (κ3) is 4.29. The number of hydrogen-bond donors (Lipinski definition) is 1. The molecule has 29 heavy (non-hydrogen) atoms. The highest BCUT2D eigenvalue weighted by Crippen LogP contribution is 2.35. The fourth-order valence-corrected chi connectivity index (χ4v) is 5.99. The first kappa shape index (κ1) is 20.3. The second-order valence-electron chi connectivity index (χ2n) is 7.91. The van der Waals surface area contributed by atoms with Gasteiger partial charge in [-0.1, -0.05) is 30.3 Å². The first-order valence-corrected chi connectivity index (χ1v) is 11.9. The summed E-state index contributed by atoms with van der Waals surface area (Å²) in [6.07, 6.45) is 2.99. The smallest absolute Gasteiger partial charge is 0.215 e. The summed E-state index contributed by atoms with van der Waals surface area (Å²) < 4.78 is 27.9. The summed E-state index contributed by atoms with van der Waals surface area (Å²) in [5, 5.41) is 3.19. The summed E-state index contributed by atoms with van der Waals surface area (Å²) in [5.41, 5.74) is 3.21. The maximum absolute atomic E-state index is 13.1. The number of anilines is 1. The van der Waals surface area contributed by atoms with E-state index in [2.05, 4.69) is 17.3 Å². The molecule has 1 aromatic heterocycles. The first-order chi connectivity index (χ1) is 14.0. The van der Waals surface area contributed by atoms with Gasteiger partial charge < -0.3 is 10.2 Å². The van der Waals surface area contributed by atoms with Crippen molar-refractivity contribution < 1.29 is 8.42 Å². The van der Waals surface area contributed by atoms with E-state index in [1.807, 2.05) is 37.4 Å². The van der Waals surface area contributed by atoms with Crippen molar-refractivity contribution in [3.8, 4) is 0 Å². The second-order valence-corrected chi connectivity index (χ2v) is 9.95. The highest BCUT2D eigenvalue weighted by atomic mass is 32.2. The Hall–Kier alpha value is -2.03. The quantitative estimate of drug-likeness (QED) is 0.779. The van der Waals surface area contributed by atoms with Crippen molar-refractivity contribution in [1.82, 2.24) is 19.2 Å². The lowest BCUT2D eigenvalue weighted by Gasteiger charge is -2.28. The minimum absolute atomic E-state index is 0.113. The van der Waals surface area contributed by atoms with Gasteiger partial charge in [-0.05, 0) is 31.9 Å². The Morgan fingerprint density at radius 2 is 1.97 bits per heavy atom. The van der Waals surface area contributed by atoms with Gasteiger partial charge in [0.05, 0.1) is 17.5 Å². The zero-order chi connectivity index (χ0) is 20.4. The van der Waals surface area contributed by atoms with Crippen LogP contribution in [0.4, 0.5) is 5.82 Å². The molecule has 1 aromatic carbocycles. The van der Waals surface area contributed by atoms with Crippen LogP contribution >= 0.6 is 0 Å². The SMILES string of the molecule is CNc1nc([C@H]2CCCN2S(=O)(=O)CCc2ccccc2)nc2c1CN(C)CC2. The van der Waals surface area contributed by atoms with E-state index in [-0.39, 0.29) is 11.8 Å². The maximum atomic E-state index is 13.1. The first-order valence-electron chi connectivity index (χ1n) is 10.3. The molecule has 1 atom stereocenters. The number of fused-ring (bicyclic) bond motifs is 1. The van der Waals surface area contributed by atoms with Crippen LogP contribution in [0.15, 0.2) is 30.3 Å². The van der Waals surface area contributed by atoms with E-state index in [0.29, 0.717) is 18.8 Å². The number of aromatic nitrogens is 2. The van der Waals surface area contributed by atoms with Crippen molar-refractivity contribution >= 4 is 15.8 Å². The minimum Gasteiger partial charge on any atom is -0.373 e. The Kier molecular flexibility index (Phi) is 5.85. The Bertz CT molecular complexity index is 947. The average Bonchev–Trinajstić information content (AvgIpc) is 3.23. The predicted molar refractivity (Wildman–Crippen MR) is 114 cm³/mol. The summed E-state index contributed by atoms with van der Waals surface area (Å²) in [5.74, 6) is 1.57. The van der Waals surface area contributed by atoms with Gasteiger partial charge in [0.25, 0.3) is 0 Å². The topological polar surface area (TPSA) is 78.4 Å². The van der Waals surface area contributed by atoms with Gasteiger partial charge in [0.15, 0.2) is 0 Å². The summed E-state index contributed by atoms with van der Waals surface area (Å²) in [4.78, 5) is 11.8. The van der Waals surface area contributed by atoms with Gasteiger partial charge in [-0.3, -0.25) is 0 Å². The number of benzene rings is 1. The molecule has 1 saturated heterocycles. The monoisotopic (exact) mass is 415 g/mol. The lowest BCUT2D eigenvalue weighted by Crippen LogP contribution is -2.35. The van der Waals surface area contributed by atoms with Crippen molar-refractivity contribution in [1.29, 1.82) is 0 Å². The standard InChI is InChI=1S/C21H29N5O2S/c1-22-20-17-15-25(2)13-10-18(17)23-21(24-20)19-9-6-12-26(19)29(27,28)14-11-16-7-4-3-5-8-16/h3-5,7-8,19H,6,9-15H2,1-2H3,(H,22,23,24)/t19-/m1/s1. The molecule has 0 bridgehead atoms. The number of sulfonamides is 1. The van der Waals surface area contributed by atoms with Crippen molar-refractivity contribution in [3.05, 3.63) is 53.0 Å². The highest BCUT2D eigenvalue weighted by molar-refractivity contribution is 7.89. The van der Waals surface area contributed by atoms with Gasteiger partial charge in [0.1, 0.15) is 11.6 Å². The van der Waals surface area contributed by atoms with E-state index >= 15 is 0 Å². The summed E-state index contributed by atoms with van der Waals surface area (Å²) in [6, 6.07) is 9.50. The largest absolute Gasteiger partial charge is 0.373 e. The van der Waals surface area contributed by atoms with Crippen LogP contribution in [0.25, 0.3) is 0 Å². The third-order valence-corrected chi connectivity index (χ3v) is 7.73. The van der Waals surface area contributed by atoms with Gasteiger partial charge >= 0.3 is 0 Å². The number of likely N-dealkylation sites (N-methyl/N-ethyl adjacent to an activating group) is 1. The van der Waals surface area contributed by atoms with Crippen molar-refractivity contribution in [2.24, 2.45) is 0 Å². The highest BCUT2D eigenvalue weighted by Gasteiger charge is 2.37. The number of nitrogens with one attached hydrogen (secondary N) is 1. The van der Waals surface area contributed by atoms with Crippen molar-refractivity contribution in [2.45, 2.75) is 38.3 Å². The second kappa shape index (κ2) is 8.38. The van der Waals surface area contributed by atoms with Gasteiger partial charge in [-0.2, -0.15) is 4.31 Å². The lowest BCUT2D eigenvalue weighted by atomic mass is 10.1. The molecule has 4 rings (SSSR count). The van der Waals surface area contributed by atoms with E-state index in [4.69, 9.17) is 9.97 Å². The van der Waals surface area contributed by atoms with Gasteiger partial charge in [0, 0.05) is 38.7 Å².